The predicted octanol–water partition coefficient (Wildman–Crippen LogP) is 6.98. The molecule has 0 amide bonds. The molecule has 0 N–H and O–H groups in total. The summed E-state index contributed by atoms with van der Waals surface area (Å²) in [5.74, 6) is 3.17. The molecule has 114 valence electrons. The Morgan fingerprint density at radius 1 is 0.737 bits per heavy atom. The average Bonchev–Trinajstić information content (AvgIpc) is 3.12. The summed E-state index contributed by atoms with van der Waals surface area (Å²) in [6.45, 7) is 7.00. The summed E-state index contributed by atoms with van der Waals surface area (Å²) in [5, 5.41) is 0. The summed E-state index contributed by atoms with van der Waals surface area (Å²) < 4.78 is 0. The van der Waals surface area contributed by atoms with E-state index in [1.165, 1.54) is 70.6 Å². The van der Waals surface area contributed by atoms with Gasteiger partial charge in [-0.1, -0.05) is 97.8 Å². The second-order valence-electron chi connectivity index (χ2n) is 7.34. The Labute approximate surface area is 122 Å². The number of rotatable bonds is 13. The molecule has 0 heterocycles. The summed E-state index contributed by atoms with van der Waals surface area (Å²) >= 11 is 0. The zero-order valence-electron chi connectivity index (χ0n) is 13.9. The highest BCUT2D eigenvalue weighted by Gasteiger charge is 2.34. The van der Waals surface area contributed by atoms with E-state index < -0.39 is 0 Å². The molecule has 0 aromatic carbocycles. The molecule has 1 saturated carbocycles. The topological polar surface area (TPSA) is 0 Å². The standard InChI is InChI=1S/C19H38/c1-4-5-6-7-8-9-10-14-18-16-19(18)15-12-11-13-17(2)3/h17-19H,4-16H2,1-3H3. The van der Waals surface area contributed by atoms with E-state index >= 15 is 0 Å². The van der Waals surface area contributed by atoms with E-state index in [4.69, 9.17) is 0 Å². The lowest BCUT2D eigenvalue weighted by molar-refractivity contribution is 0.492. The Hall–Kier alpha value is 0. The zero-order chi connectivity index (χ0) is 13.9. The van der Waals surface area contributed by atoms with Crippen LogP contribution in [-0.4, -0.2) is 0 Å². The summed E-state index contributed by atoms with van der Waals surface area (Å²) in [5.41, 5.74) is 0. The molecule has 2 atom stereocenters. The molecule has 0 radical (unpaired) electrons. The Kier molecular flexibility index (Phi) is 9.65. The predicted molar refractivity (Wildman–Crippen MR) is 87.5 cm³/mol. The highest BCUT2D eigenvalue weighted by molar-refractivity contribution is 4.85. The fraction of sp³-hybridized carbons (Fsp3) is 1.00. The van der Waals surface area contributed by atoms with Gasteiger partial charge >= 0.3 is 0 Å². The molecule has 0 saturated heterocycles. The van der Waals surface area contributed by atoms with Crippen LogP contribution in [0.15, 0.2) is 0 Å². The van der Waals surface area contributed by atoms with Gasteiger partial charge in [0.1, 0.15) is 0 Å². The van der Waals surface area contributed by atoms with Crippen LogP contribution in [-0.2, 0) is 0 Å². The second kappa shape index (κ2) is 10.7. The van der Waals surface area contributed by atoms with Crippen LogP contribution in [0.25, 0.3) is 0 Å². The van der Waals surface area contributed by atoms with Crippen LogP contribution < -0.4 is 0 Å². The molecule has 0 aromatic rings. The molecule has 1 aliphatic carbocycles. The molecule has 0 heteroatoms. The van der Waals surface area contributed by atoms with Gasteiger partial charge in [-0.15, -0.1) is 0 Å². The van der Waals surface area contributed by atoms with Crippen molar-refractivity contribution >= 4 is 0 Å². The third kappa shape index (κ3) is 9.52. The molecule has 1 fully saturated rings. The van der Waals surface area contributed by atoms with Crippen LogP contribution >= 0.6 is 0 Å². The molecular weight excluding hydrogens is 228 g/mol. The summed E-state index contributed by atoms with van der Waals surface area (Å²) in [6, 6.07) is 0. The molecule has 2 unspecified atom stereocenters. The molecule has 0 nitrogen and oxygen atoms in total. The molecule has 0 bridgehead atoms. The van der Waals surface area contributed by atoms with E-state index in [-0.39, 0.29) is 0 Å². The molecule has 19 heavy (non-hydrogen) atoms. The highest BCUT2D eigenvalue weighted by atomic mass is 14.4. The minimum Gasteiger partial charge on any atom is -0.0654 e. The number of hydrogen-bond donors (Lipinski definition) is 0. The van der Waals surface area contributed by atoms with Crippen molar-refractivity contribution in [1.82, 2.24) is 0 Å². The van der Waals surface area contributed by atoms with Crippen molar-refractivity contribution in [3.8, 4) is 0 Å². The molecule has 1 rings (SSSR count). The van der Waals surface area contributed by atoms with Gasteiger partial charge in [0.05, 0.1) is 0 Å². The van der Waals surface area contributed by atoms with Gasteiger partial charge in [0.2, 0.25) is 0 Å². The lowest BCUT2D eigenvalue weighted by Gasteiger charge is -2.04. The first-order chi connectivity index (χ1) is 9.24. The fourth-order valence-corrected chi connectivity index (χ4v) is 3.34. The average molecular weight is 267 g/mol. The molecular formula is C19H38. The first kappa shape index (κ1) is 17.1. The first-order valence-corrected chi connectivity index (χ1v) is 9.24. The maximum Gasteiger partial charge on any atom is -0.0383 e. The van der Waals surface area contributed by atoms with Crippen molar-refractivity contribution in [2.24, 2.45) is 17.8 Å². The third-order valence-corrected chi connectivity index (χ3v) is 4.85. The van der Waals surface area contributed by atoms with Crippen molar-refractivity contribution in [1.29, 1.82) is 0 Å². The fourth-order valence-electron chi connectivity index (χ4n) is 3.34. The van der Waals surface area contributed by atoms with Gasteiger partial charge in [-0.3, -0.25) is 0 Å². The van der Waals surface area contributed by atoms with Crippen molar-refractivity contribution in [3.05, 3.63) is 0 Å². The van der Waals surface area contributed by atoms with Crippen LogP contribution in [0.2, 0.25) is 0 Å². The third-order valence-electron chi connectivity index (χ3n) is 4.85. The monoisotopic (exact) mass is 266 g/mol. The maximum absolute atomic E-state index is 2.35. The van der Waals surface area contributed by atoms with E-state index in [9.17, 15) is 0 Å². The van der Waals surface area contributed by atoms with Crippen molar-refractivity contribution in [2.45, 2.75) is 104 Å². The van der Waals surface area contributed by atoms with Crippen LogP contribution in [0.3, 0.4) is 0 Å². The minimum atomic E-state index is 0.905. The number of hydrogen-bond acceptors (Lipinski definition) is 0. The van der Waals surface area contributed by atoms with Crippen molar-refractivity contribution in [3.63, 3.8) is 0 Å². The summed E-state index contributed by atoms with van der Waals surface area (Å²) in [7, 11) is 0. The van der Waals surface area contributed by atoms with E-state index in [1.807, 2.05) is 0 Å². The van der Waals surface area contributed by atoms with Gasteiger partial charge in [-0.05, 0) is 24.2 Å². The summed E-state index contributed by atoms with van der Waals surface area (Å²) in [6.07, 6.45) is 19.3. The second-order valence-corrected chi connectivity index (χ2v) is 7.34. The maximum atomic E-state index is 2.35. The molecule has 0 spiro atoms. The van der Waals surface area contributed by atoms with E-state index in [1.54, 1.807) is 12.8 Å². The van der Waals surface area contributed by atoms with Crippen LogP contribution in [0.1, 0.15) is 104 Å². The van der Waals surface area contributed by atoms with Crippen LogP contribution in [0.4, 0.5) is 0 Å². The molecule has 0 aromatic heterocycles. The minimum absolute atomic E-state index is 0.905. The zero-order valence-corrected chi connectivity index (χ0v) is 13.9. The van der Waals surface area contributed by atoms with Gasteiger partial charge in [0, 0.05) is 0 Å². The SMILES string of the molecule is CCCCCCCCCC1CC1CCCCC(C)C. The highest BCUT2D eigenvalue weighted by Crippen LogP contribution is 2.45. The van der Waals surface area contributed by atoms with Gasteiger partial charge in [-0.25, -0.2) is 0 Å². The van der Waals surface area contributed by atoms with Gasteiger partial charge < -0.3 is 0 Å². The lowest BCUT2D eigenvalue weighted by atomic mass is 10.0. The smallest absolute Gasteiger partial charge is 0.0383 e. The Morgan fingerprint density at radius 2 is 1.26 bits per heavy atom. The Balaban J connectivity index is 1.78. The van der Waals surface area contributed by atoms with Crippen molar-refractivity contribution in [2.75, 3.05) is 0 Å². The van der Waals surface area contributed by atoms with Crippen LogP contribution in [0, 0.1) is 17.8 Å². The normalized spacial score (nSPS) is 22.1. The van der Waals surface area contributed by atoms with Gasteiger partial charge in [0.15, 0.2) is 0 Å². The number of unbranched alkanes of at least 4 members (excludes halogenated alkanes) is 7. The largest absolute Gasteiger partial charge is 0.0654 e. The van der Waals surface area contributed by atoms with E-state index in [0.717, 1.165) is 17.8 Å². The Morgan fingerprint density at radius 3 is 1.84 bits per heavy atom. The Bertz CT molecular complexity index is 194. The first-order valence-electron chi connectivity index (χ1n) is 9.24. The van der Waals surface area contributed by atoms with Crippen LogP contribution in [0.5, 0.6) is 0 Å². The summed E-state index contributed by atoms with van der Waals surface area (Å²) in [4.78, 5) is 0. The van der Waals surface area contributed by atoms with E-state index in [2.05, 4.69) is 20.8 Å². The van der Waals surface area contributed by atoms with Gasteiger partial charge in [0.25, 0.3) is 0 Å². The lowest BCUT2D eigenvalue weighted by Crippen LogP contribution is -1.89. The molecule has 1 aliphatic rings. The quantitative estimate of drug-likeness (QED) is 0.315. The van der Waals surface area contributed by atoms with E-state index in [0.29, 0.717) is 0 Å². The van der Waals surface area contributed by atoms with Gasteiger partial charge in [-0.2, -0.15) is 0 Å². The molecule has 0 aliphatic heterocycles. The van der Waals surface area contributed by atoms with Crippen molar-refractivity contribution < 1.29 is 0 Å².